The number of carbonyl (C=O) groups is 1. The third-order valence-electron chi connectivity index (χ3n) is 4.48. The lowest BCUT2D eigenvalue weighted by atomic mass is 10.1. The van der Waals surface area contributed by atoms with Crippen molar-refractivity contribution in [1.29, 1.82) is 0 Å². The highest BCUT2D eigenvalue weighted by atomic mass is 32.1. The molecule has 2 aliphatic rings. The molecule has 23 heavy (non-hydrogen) atoms. The Morgan fingerprint density at radius 1 is 1.30 bits per heavy atom. The summed E-state index contributed by atoms with van der Waals surface area (Å²) in [5.74, 6) is 0.0888. The van der Waals surface area contributed by atoms with Gasteiger partial charge in [-0.05, 0) is 44.0 Å². The van der Waals surface area contributed by atoms with Gasteiger partial charge < -0.3 is 15.0 Å². The number of carbonyl (C=O) groups excluding carboxylic acids is 1. The summed E-state index contributed by atoms with van der Waals surface area (Å²) in [6.45, 7) is 3.54. The minimum atomic E-state index is -0.111. The molecule has 0 saturated carbocycles. The molecule has 1 aromatic heterocycles. The zero-order chi connectivity index (χ0) is 15.8. The van der Waals surface area contributed by atoms with Crippen LogP contribution in [-0.4, -0.2) is 30.1 Å². The van der Waals surface area contributed by atoms with Crippen molar-refractivity contribution in [2.75, 3.05) is 18.5 Å². The third-order valence-corrected chi connectivity index (χ3v) is 5.53. The van der Waals surface area contributed by atoms with Crippen LogP contribution in [-0.2, 0) is 4.74 Å². The molecular weight excluding hydrogens is 308 g/mol. The second-order valence-corrected chi connectivity index (χ2v) is 7.45. The molecule has 1 amide bonds. The summed E-state index contributed by atoms with van der Waals surface area (Å²) in [5, 5.41) is 3.54. The van der Waals surface area contributed by atoms with Gasteiger partial charge in [-0.25, -0.2) is 0 Å². The first kappa shape index (κ1) is 14.7. The Balaban J connectivity index is 1.70. The predicted molar refractivity (Wildman–Crippen MR) is 91.9 cm³/mol. The molecular formula is C18H20N2O2S. The number of amides is 1. The van der Waals surface area contributed by atoms with E-state index < -0.39 is 0 Å². The summed E-state index contributed by atoms with van der Waals surface area (Å²) < 4.78 is 5.76. The van der Waals surface area contributed by atoms with Gasteiger partial charge in [-0.15, -0.1) is 11.3 Å². The largest absolute Gasteiger partial charge is 0.376 e. The molecule has 4 nitrogen and oxygen atoms in total. The maximum absolute atomic E-state index is 13.0. The molecule has 5 heteroatoms. The van der Waals surface area contributed by atoms with Gasteiger partial charge in [-0.2, -0.15) is 0 Å². The predicted octanol–water partition coefficient (Wildman–Crippen LogP) is 3.80. The quantitative estimate of drug-likeness (QED) is 0.932. The van der Waals surface area contributed by atoms with Crippen molar-refractivity contribution in [2.45, 2.75) is 32.0 Å². The minimum Gasteiger partial charge on any atom is -0.376 e. The first-order chi connectivity index (χ1) is 11.2. The second-order valence-electron chi connectivity index (χ2n) is 6.13. The highest BCUT2D eigenvalue weighted by Crippen LogP contribution is 2.36. The fraction of sp³-hybridized carbons (Fsp3) is 0.389. The Labute approximate surface area is 140 Å². The van der Waals surface area contributed by atoms with Crippen molar-refractivity contribution in [1.82, 2.24) is 4.90 Å². The lowest BCUT2D eigenvalue weighted by Crippen LogP contribution is -2.46. The molecule has 1 aromatic carbocycles. The van der Waals surface area contributed by atoms with Crippen LogP contribution in [0.2, 0.25) is 0 Å². The van der Waals surface area contributed by atoms with Crippen LogP contribution >= 0.6 is 11.3 Å². The van der Waals surface area contributed by atoms with Gasteiger partial charge in [0.1, 0.15) is 6.17 Å². The number of nitrogens with one attached hydrogen (secondary N) is 1. The van der Waals surface area contributed by atoms with Gasteiger partial charge in [0.05, 0.1) is 11.7 Å². The summed E-state index contributed by atoms with van der Waals surface area (Å²) >= 11 is 1.74. The topological polar surface area (TPSA) is 41.6 Å². The number of ether oxygens (including phenoxy) is 1. The molecule has 0 spiro atoms. The molecule has 0 bridgehead atoms. The van der Waals surface area contributed by atoms with Crippen molar-refractivity contribution >= 4 is 22.9 Å². The molecule has 120 valence electrons. The molecule has 1 saturated heterocycles. The van der Waals surface area contributed by atoms with Crippen LogP contribution in [0.15, 0.2) is 36.4 Å². The van der Waals surface area contributed by atoms with Crippen molar-refractivity contribution < 1.29 is 9.53 Å². The van der Waals surface area contributed by atoms with E-state index in [0.29, 0.717) is 6.54 Å². The lowest BCUT2D eigenvalue weighted by molar-refractivity contribution is 0.0430. The number of hydrogen-bond donors (Lipinski definition) is 1. The molecule has 2 aliphatic heterocycles. The number of anilines is 1. The Morgan fingerprint density at radius 3 is 2.91 bits per heavy atom. The van der Waals surface area contributed by atoms with Gasteiger partial charge in [-0.1, -0.05) is 12.1 Å². The Bertz CT molecular complexity index is 721. The van der Waals surface area contributed by atoms with E-state index in [1.165, 1.54) is 9.75 Å². The van der Waals surface area contributed by atoms with E-state index in [1.54, 1.807) is 11.3 Å². The molecule has 2 unspecified atom stereocenters. The van der Waals surface area contributed by atoms with E-state index >= 15 is 0 Å². The SMILES string of the molecule is Cc1ccc(C2Nc3ccccc3C(=O)N2CC2CCCO2)s1. The van der Waals surface area contributed by atoms with E-state index in [4.69, 9.17) is 4.74 Å². The summed E-state index contributed by atoms with van der Waals surface area (Å²) in [5.41, 5.74) is 1.66. The smallest absolute Gasteiger partial charge is 0.257 e. The molecule has 2 atom stereocenters. The van der Waals surface area contributed by atoms with Gasteiger partial charge in [-0.3, -0.25) is 4.79 Å². The average molecular weight is 328 g/mol. The first-order valence-electron chi connectivity index (χ1n) is 8.07. The molecule has 0 radical (unpaired) electrons. The summed E-state index contributed by atoms with van der Waals surface area (Å²) in [6, 6.07) is 12.0. The van der Waals surface area contributed by atoms with E-state index in [2.05, 4.69) is 24.4 Å². The van der Waals surface area contributed by atoms with Crippen LogP contribution in [0.25, 0.3) is 0 Å². The molecule has 2 aromatic rings. The third kappa shape index (κ3) is 2.75. The summed E-state index contributed by atoms with van der Waals surface area (Å²) in [4.78, 5) is 17.4. The molecule has 1 N–H and O–H groups in total. The number of aryl methyl sites for hydroxylation is 1. The number of para-hydroxylation sites is 1. The number of nitrogens with zero attached hydrogens (tertiary/aromatic N) is 1. The molecule has 3 heterocycles. The lowest BCUT2D eigenvalue weighted by Gasteiger charge is -2.38. The monoisotopic (exact) mass is 328 g/mol. The first-order valence-corrected chi connectivity index (χ1v) is 8.88. The van der Waals surface area contributed by atoms with Crippen LogP contribution in [0.1, 0.15) is 39.1 Å². The number of rotatable bonds is 3. The van der Waals surface area contributed by atoms with Crippen LogP contribution < -0.4 is 5.32 Å². The van der Waals surface area contributed by atoms with Crippen LogP contribution in [0, 0.1) is 6.92 Å². The standard InChI is InChI=1S/C18H20N2O2S/c1-12-8-9-16(23-12)17-19-15-7-3-2-6-14(15)18(21)20(17)11-13-5-4-10-22-13/h2-3,6-9,13,17,19H,4-5,10-11H2,1H3. The normalized spacial score (nSPS) is 23.7. The number of benzene rings is 1. The Morgan fingerprint density at radius 2 is 2.17 bits per heavy atom. The molecule has 4 rings (SSSR count). The van der Waals surface area contributed by atoms with Crippen LogP contribution in [0.5, 0.6) is 0 Å². The fourth-order valence-corrected chi connectivity index (χ4v) is 4.26. The average Bonchev–Trinajstić information content (AvgIpc) is 3.21. The number of thiophene rings is 1. The van der Waals surface area contributed by atoms with Gasteiger partial charge in [0, 0.05) is 28.6 Å². The summed E-state index contributed by atoms with van der Waals surface area (Å²) in [7, 11) is 0. The zero-order valence-corrected chi connectivity index (χ0v) is 13.9. The molecule has 1 fully saturated rings. The highest BCUT2D eigenvalue weighted by molar-refractivity contribution is 7.12. The Hall–Kier alpha value is -1.85. The van der Waals surface area contributed by atoms with Crippen molar-refractivity contribution in [3.63, 3.8) is 0 Å². The number of hydrogen-bond acceptors (Lipinski definition) is 4. The maximum atomic E-state index is 13.0. The van der Waals surface area contributed by atoms with E-state index in [9.17, 15) is 4.79 Å². The van der Waals surface area contributed by atoms with E-state index in [0.717, 1.165) is 30.7 Å². The van der Waals surface area contributed by atoms with Crippen molar-refractivity contribution in [3.05, 3.63) is 51.7 Å². The van der Waals surface area contributed by atoms with Gasteiger partial charge in [0.15, 0.2) is 0 Å². The summed E-state index contributed by atoms with van der Waals surface area (Å²) in [6.07, 6.45) is 2.15. The van der Waals surface area contributed by atoms with E-state index in [1.807, 2.05) is 29.2 Å². The van der Waals surface area contributed by atoms with Gasteiger partial charge in [0.25, 0.3) is 5.91 Å². The van der Waals surface area contributed by atoms with Crippen molar-refractivity contribution in [3.8, 4) is 0 Å². The zero-order valence-electron chi connectivity index (χ0n) is 13.1. The fourth-order valence-electron chi connectivity index (χ4n) is 3.31. The van der Waals surface area contributed by atoms with Crippen molar-refractivity contribution in [2.24, 2.45) is 0 Å². The van der Waals surface area contributed by atoms with Crippen LogP contribution in [0.4, 0.5) is 5.69 Å². The van der Waals surface area contributed by atoms with Gasteiger partial charge in [0.2, 0.25) is 0 Å². The van der Waals surface area contributed by atoms with E-state index in [-0.39, 0.29) is 18.2 Å². The minimum absolute atomic E-state index is 0.0888. The number of fused-ring (bicyclic) bond motifs is 1. The molecule has 0 aliphatic carbocycles. The van der Waals surface area contributed by atoms with Crippen LogP contribution in [0.3, 0.4) is 0 Å². The maximum Gasteiger partial charge on any atom is 0.257 e. The highest BCUT2D eigenvalue weighted by Gasteiger charge is 2.35. The second kappa shape index (κ2) is 5.98. The van der Waals surface area contributed by atoms with Gasteiger partial charge >= 0.3 is 0 Å². The Kier molecular flexibility index (Phi) is 3.83.